The molecule has 2 aromatic rings. The predicted octanol–water partition coefficient (Wildman–Crippen LogP) is 1.29. The molecule has 1 saturated heterocycles. The van der Waals surface area contributed by atoms with Gasteiger partial charge in [-0.05, 0) is 32.1 Å². The smallest absolute Gasteiger partial charge is 0.276 e. The maximum atomic E-state index is 14.7. The molecule has 3 aliphatic rings. The van der Waals surface area contributed by atoms with Gasteiger partial charge in [-0.1, -0.05) is 5.16 Å². The van der Waals surface area contributed by atoms with E-state index in [0.717, 1.165) is 35.8 Å². The van der Waals surface area contributed by atoms with Gasteiger partial charge in [-0.2, -0.15) is 22.8 Å². The van der Waals surface area contributed by atoms with Crippen molar-refractivity contribution in [2.24, 2.45) is 10.6 Å². The number of aryl methyl sites for hydroxylation is 1. The Kier molecular flexibility index (Phi) is 3.75. The zero-order valence-electron chi connectivity index (χ0n) is 15.0. The second-order valence-corrected chi connectivity index (χ2v) is 9.35. The summed E-state index contributed by atoms with van der Waals surface area (Å²) >= 11 is 0. The van der Waals surface area contributed by atoms with Crippen molar-refractivity contribution in [3.63, 3.8) is 0 Å². The lowest BCUT2D eigenvalue weighted by Crippen LogP contribution is -2.43. The fourth-order valence-corrected chi connectivity index (χ4v) is 5.43. The molecule has 0 radical (unpaired) electrons. The van der Waals surface area contributed by atoms with E-state index in [2.05, 4.69) is 15.2 Å². The topological polar surface area (TPSA) is 120 Å². The fraction of sp³-hybridized carbons (Fsp3) is 0.688. The van der Waals surface area contributed by atoms with Crippen LogP contribution in [0.5, 0.6) is 0 Å². The van der Waals surface area contributed by atoms with Gasteiger partial charge < -0.3 is 4.52 Å². The molecule has 152 valence electrons. The highest BCUT2D eigenvalue weighted by atomic mass is 32.2. The molecule has 1 atom stereocenters. The number of nitrogens with zero attached hydrogens (tertiary/aromatic N) is 5. The van der Waals surface area contributed by atoms with Gasteiger partial charge in [-0.15, -0.1) is 0 Å². The average molecular weight is 414 g/mol. The molecule has 2 fully saturated rings. The molecular weight excluding hydrogens is 394 g/mol. The zero-order chi connectivity index (χ0) is 19.7. The number of hydrogen-bond donors (Lipinski definition) is 1. The van der Waals surface area contributed by atoms with Gasteiger partial charge in [0.25, 0.3) is 22.0 Å². The van der Waals surface area contributed by atoms with E-state index < -0.39 is 27.5 Å². The van der Waals surface area contributed by atoms with Crippen LogP contribution in [-0.4, -0.2) is 51.7 Å². The molecule has 5 rings (SSSR count). The first-order chi connectivity index (χ1) is 13.2. The van der Waals surface area contributed by atoms with Crippen LogP contribution in [0.15, 0.2) is 10.7 Å². The molecule has 2 aliphatic heterocycles. The molecule has 12 heteroatoms. The first kappa shape index (κ1) is 18.1. The first-order valence-electron chi connectivity index (χ1n) is 9.28. The number of rotatable bonds is 3. The molecule has 2 N–H and O–H groups in total. The van der Waals surface area contributed by atoms with Crippen molar-refractivity contribution in [1.29, 1.82) is 0 Å². The third-order valence-electron chi connectivity index (χ3n) is 6.38. The van der Waals surface area contributed by atoms with E-state index in [1.807, 2.05) is 4.68 Å². The normalized spacial score (nSPS) is 26.3. The molecule has 1 saturated carbocycles. The first-order valence-corrected chi connectivity index (χ1v) is 10.8. The highest BCUT2D eigenvalue weighted by Gasteiger charge is 2.82. The second kappa shape index (κ2) is 5.80. The minimum Gasteiger partial charge on any atom is -0.334 e. The maximum Gasteiger partial charge on any atom is 0.276 e. The number of aromatic nitrogens is 4. The van der Waals surface area contributed by atoms with Gasteiger partial charge >= 0.3 is 0 Å². The molecule has 0 amide bonds. The Balaban J connectivity index is 1.40. The SMILES string of the molecule is NS(=O)(=O)N1CCC2(CC1)[C@H](c1noc(-c3cnn4c3CCCC4)n1)C2(F)F. The van der Waals surface area contributed by atoms with Crippen molar-refractivity contribution in [3.8, 4) is 11.5 Å². The lowest BCUT2D eigenvalue weighted by molar-refractivity contribution is 0.0411. The highest BCUT2D eigenvalue weighted by molar-refractivity contribution is 7.86. The monoisotopic (exact) mass is 414 g/mol. The van der Waals surface area contributed by atoms with E-state index >= 15 is 0 Å². The van der Waals surface area contributed by atoms with E-state index in [9.17, 15) is 17.2 Å². The molecule has 0 aromatic carbocycles. The van der Waals surface area contributed by atoms with Gasteiger partial charge in [-0.25, -0.2) is 13.9 Å². The van der Waals surface area contributed by atoms with Crippen molar-refractivity contribution >= 4 is 10.2 Å². The Morgan fingerprint density at radius 2 is 1.96 bits per heavy atom. The number of halogens is 2. The van der Waals surface area contributed by atoms with Gasteiger partial charge in [0.2, 0.25) is 0 Å². The number of alkyl halides is 2. The molecule has 2 aromatic heterocycles. The van der Waals surface area contributed by atoms with E-state index in [-0.39, 0.29) is 37.6 Å². The summed E-state index contributed by atoms with van der Waals surface area (Å²) in [6.45, 7) is 0.750. The van der Waals surface area contributed by atoms with Gasteiger partial charge in [0.05, 0.1) is 28.8 Å². The lowest BCUT2D eigenvalue weighted by atomic mass is 9.91. The third kappa shape index (κ3) is 2.47. The van der Waals surface area contributed by atoms with Gasteiger partial charge in [0.15, 0.2) is 5.82 Å². The van der Waals surface area contributed by atoms with Crippen LogP contribution in [0.1, 0.15) is 43.1 Å². The van der Waals surface area contributed by atoms with Crippen LogP contribution in [0.25, 0.3) is 11.5 Å². The summed E-state index contributed by atoms with van der Waals surface area (Å²) < 4.78 is 60.6. The number of hydrogen-bond acceptors (Lipinski definition) is 6. The summed E-state index contributed by atoms with van der Waals surface area (Å²) in [7, 11) is -3.87. The average Bonchev–Trinajstić information content (AvgIpc) is 3.09. The largest absolute Gasteiger partial charge is 0.334 e. The second-order valence-electron chi connectivity index (χ2n) is 7.80. The zero-order valence-corrected chi connectivity index (χ0v) is 15.8. The number of piperidine rings is 1. The highest BCUT2D eigenvalue weighted by Crippen LogP contribution is 2.75. The van der Waals surface area contributed by atoms with Gasteiger partial charge in [-0.3, -0.25) is 4.68 Å². The molecule has 0 unspecified atom stereocenters. The van der Waals surface area contributed by atoms with Crippen LogP contribution in [0.2, 0.25) is 0 Å². The van der Waals surface area contributed by atoms with Gasteiger partial charge in [0, 0.05) is 19.6 Å². The third-order valence-corrected chi connectivity index (χ3v) is 7.47. The standard InChI is InChI=1S/C16H20F2N6O3S/c17-16(18)12(15(16)4-7-23(8-5-15)28(19,25)26)13-21-14(27-22-13)10-9-20-24-6-2-1-3-11(10)24/h9,12H,1-8H2,(H2,19,25,26)/t12-/m0/s1. The minimum absolute atomic E-state index is 0.00809. The Bertz CT molecular complexity index is 1030. The molecule has 1 aliphatic carbocycles. The Labute approximate surface area is 160 Å². The van der Waals surface area contributed by atoms with Crippen LogP contribution < -0.4 is 5.14 Å². The van der Waals surface area contributed by atoms with Crippen molar-refractivity contribution in [2.45, 2.75) is 50.5 Å². The molecule has 4 heterocycles. The van der Waals surface area contributed by atoms with Crippen LogP contribution in [0.4, 0.5) is 8.78 Å². The molecular formula is C16H20F2N6O3S. The van der Waals surface area contributed by atoms with Crippen LogP contribution >= 0.6 is 0 Å². The fourth-order valence-electron chi connectivity index (χ4n) is 4.74. The Morgan fingerprint density at radius 1 is 1.21 bits per heavy atom. The Morgan fingerprint density at radius 3 is 2.68 bits per heavy atom. The Hall–Kier alpha value is -1.92. The predicted molar refractivity (Wildman–Crippen MR) is 92.5 cm³/mol. The van der Waals surface area contributed by atoms with E-state index in [1.165, 1.54) is 0 Å². The van der Waals surface area contributed by atoms with Crippen LogP contribution in [-0.2, 0) is 23.2 Å². The van der Waals surface area contributed by atoms with E-state index in [0.29, 0.717) is 5.56 Å². The van der Waals surface area contributed by atoms with Crippen molar-refractivity contribution in [1.82, 2.24) is 24.2 Å². The van der Waals surface area contributed by atoms with Crippen molar-refractivity contribution in [2.75, 3.05) is 13.1 Å². The summed E-state index contributed by atoms with van der Waals surface area (Å²) in [5, 5.41) is 13.3. The molecule has 28 heavy (non-hydrogen) atoms. The lowest BCUT2D eigenvalue weighted by Gasteiger charge is -2.30. The van der Waals surface area contributed by atoms with Crippen LogP contribution in [0.3, 0.4) is 0 Å². The van der Waals surface area contributed by atoms with Crippen molar-refractivity contribution in [3.05, 3.63) is 17.7 Å². The summed E-state index contributed by atoms with van der Waals surface area (Å²) in [6, 6.07) is 0. The van der Waals surface area contributed by atoms with E-state index in [4.69, 9.17) is 9.66 Å². The van der Waals surface area contributed by atoms with Crippen LogP contribution in [0, 0.1) is 5.41 Å². The quantitative estimate of drug-likeness (QED) is 0.808. The summed E-state index contributed by atoms with van der Waals surface area (Å²) in [5.41, 5.74) is 0.342. The minimum atomic E-state index is -3.87. The maximum absolute atomic E-state index is 14.7. The van der Waals surface area contributed by atoms with Gasteiger partial charge in [0.1, 0.15) is 0 Å². The molecule has 1 spiro atoms. The summed E-state index contributed by atoms with van der Waals surface area (Å²) in [6.07, 6.45) is 4.57. The number of fused-ring (bicyclic) bond motifs is 1. The summed E-state index contributed by atoms with van der Waals surface area (Å²) in [4.78, 5) is 4.27. The van der Waals surface area contributed by atoms with Crippen molar-refractivity contribution < 1.29 is 21.7 Å². The molecule has 0 bridgehead atoms. The van der Waals surface area contributed by atoms with E-state index in [1.54, 1.807) is 6.20 Å². The number of nitrogens with two attached hydrogens (primary N) is 1. The summed E-state index contributed by atoms with van der Waals surface area (Å²) in [5.74, 6) is -4.00. The molecule has 9 nitrogen and oxygen atoms in total.